The molecule has 88 valence electrons. The highest BCUT2D eigenvalue weighted by Crippen LogP contribution is 2.26. The van der Waals surface area contributed by atoms with Gasteiger partial charge >= 0.3 is 0 Å². The Hall–Kier alpha value is -0.120. The van der Waals surface area contributed by atoms with E-state index in [1.54, 1.807) is 0 Å². The number of nitrogens with zero attached hydrogens (tertiary/aromatic N) is 1. The Morgan fingerprint density at radius 1 is 1.13 bits per heavy atom. The summed E-state index contributed by atoms with van der Waals surface area (Å²) in [5.74, 6) is 0. The molecule has 1 heterocycles. The second kappa shape index (κ2) is 5.28. The number of methoxy groups -OCH3 is 1. The molecule has 15 heavy (non-hydrogen) atoms. The summed E-state index contributed by atoms with van der Waals surface area (Å²) in [5.41, 5.74) is 6.02. The van der Waals surface area contributed by atoms with E-state index in [1.807, 2.05) is 7.11 Å². The van der Waals surface area contributed by atoms with Gasteiger partial charge in [0.2, 0.25) is 0 Å². The van der Waals surface area contributed by atoms with Crippen LogP contribution < -0.4 is 5.73 Å². The van der Waals surface area contributed by atoms with E-state index in [-0.39, 0.29) is 0 Å². The van der Waals surface area contributed by atoms with Crippen molar-refractivity contribution in [3.05, 3.63) is 0 Å². The number of hydrogen-bond donors (Lipinski definition) is 1. The molecule has 2 fully saturated rings. The lowest BCUT2D eigenvalue weighted by atomic mass is 9.90. The fourth-order valence-electron chi connectivity index (χ4n) is 3.02. The molecule has 3 nitrogen and oxygen atoms in total. The summed E-state index contributed by atoms with van der Waals surface area (Å²) in [6.45, 7) is 2.37. The van der Waals surface area contributed by atoms with Crippen LogP contribution in [0.4, 0.5) is 0 Å². The molecule has 0 aromatic rings. The van der Waals surface area contributed by atoms with E-state index in [0.717, 1.165) is 12.6 Å². The number of hydrogen-bond acceptors (Lipinski definition) is 3. The summed E-state index contributed by atoms with van der Waals surface area (Å²) >= 11 is 0. The minimum Gasteiger partial charge on any atom is -0.381 e. The van der Waals surface area contributed by atoms with Gasteiger partial charge < -0.3 is 10.5 Å². The average Bonchev–Trinajstić information content (AvgIpc) is 2.29. The first-order chi connectivity index (χ1) is 7.29. The molecule has 1 atom stereocenters. The van der Waals surface area contributed by atoms with Gasteiger partial charge in [0, 0.05) is 25.7 Å². The zero-order chi connectivity index (χ0) is 10.7. The number of ether oxygens (including phenoxy) is 1. The third-order valence-electron chi connectivity index (χ3n) is 3.98. The minimum absolute atomic E-state index is 0.416. The van der Waals surface area contributed by atoms with Crippen LogP contribution in [0.15, 0.2) is 0 Å². The summed E-state index contributed by atoms with van der Waals surface area (Å²) in [6.07, 6.45) is 8.06. The monoisotopic (exact) mass is 212 g/mol. The van der Waals surface area contributed by atoms with Gasteiger partial charge in [-0.3, -0.25) is 4.90 Å². The molecule has 0 radical (unpaired) electrons. The first-order valence-electron chi connectivity index (χ1n) is 6.32. The Kier molecular flexibility index (Phi) is 4.00. The molecule has 0 spiro atoms. The predicted molar refractivity (Wildman–Crippen MR) is 61.8 cm³/mol. The normalized spacial score (nSPS) is 39.2. The van der Waals surface area contributed by atoms with Gasteiger partial charge in [0.25, 0.3) is 0 Å². The lowest BCUT2D eigenvalue weighted by Crippen LogP contribution is -2.49. The highest BCUT2D eigenvalue weighted by molar-refractivity contribution is 4.84. The fraction of sp³-hybridized carbons (Fsp3) is 1.00. The third kappa shape index (κ3) is 2.92. The lowest BCUT2D eigenvalue weighted by Gasteiger charge is -2.40. The van der Waals surface area contributed by atoms with E-state index >= 15 is 0 Å². The number of piperidine rings is 1. The lowest BCUT2D eigenvalue weighted by molar-refractivity contribution is 0.0316. The van der Waals surface area contributed by atoms with Gasteiger partial charge in [-0.1, -0.05) is 0 Å². The zero-order valence-corrected chi connectivity index (χ0v) is 9.82. The number of likely N-dealkylation sites (tertiary alicyclic amines) is 1. The first-order valence-corrected chi connectivity index (χ1v) is 6.32. The molecule has 2 N–H and O–H groups in total. The Bertz CT molecular complexity index is 190. The van der Waals surface area contributed by atoms with Crippen LogP contribution in [0.25, 0.3) is 0 Å². The van der Waals surface area contributed by atoms with Crippen LogP contribution in [0.5, 0.6) is 0 Å². The molecule has 2 aliphatic rings. The van der Waals surface area contributed by atoms with Crippen molar-refractivity contribution in [1.29, 1.82) is 0 Å². The number of rotatable bonds is 2. The van der Waals surface area contributed by atoms with Crippen LogP contribution in [-0.4, -0.2) is 43.3 Å². The Balaban J connectivity index is 1.79. The molecule has 0 amide bonds. The molecule has 0 bridgehead atoms. The van der Waals surface area contributed by atoms with Gasteiger partial charge in [0.15, 0.2) is 0 Å². The van der Waals surface area contributed by atoms with Crippen LogP contribution in [0.1, 0.15) is 38.5 Å². The van der Waals surface area contributed by atoms with Crippen molar-refractivity contribution < 1.29 is 4.74 Å². The average molecular weight is 212 g/mol. The van der Waals surface area contributed by atoms with Crippen LogP contribution in [-0.2, 0) is 4.74 Å². The van der Waals surface area contributed by atoms with E-state index < -0.39 is 0 Å². The van der Waals surface area contributed by atoms with Gasteiger partial charge in [-0.25, -0.2) is 0 Å². The number of nitrogens with two attached hydrogens (primary N) is 1. The Labute approximate surface area is 93.0 Å². The maximum atomic E-state index is 6.02. The van der Waals surface area contributed by atoms with E-state index in [9.17, 15) is 0 Å². The standard InChI is InChI=1S/C12H24N2O/c1-15-12-6-4-11(5-7-12)14-8-2-3-10(13)9-14/h10-12H,2-9,13H2,1H3. The first kappa shape index (κ1) is 11.4. The van der Waals surface area contributed by atoms with Gasteiger partial charge in [0.1, 0.15) is 0 Å². The summed E-state index contributed by atoms with van der Waals surface area (Å²) in [7, 11) is 1.84. The molecule has 0 aromatic carbocycles. The van der Waals surface area contributed by atoms with Gasteiger partial charge in [-0.05, 0) is 45.1 Å². The smallest absolute Gasteiger partial charge is 0.0572 e. The van der Waals surface area contributed by atoms with Crippen molar-refractivity contribution >= 4 is 0 Å². The summed E-state index contributed by atoms with van der Waals surface area (Å²) in [5, 5.41) is 0. The highest BCUT2D eigenvalue weighted by atomic mass is 16.5. The molecular formula is C12H24N2O. The van der Waals surface area contributed by atoms with E-state index in [4.69, 9.17) is 10.5 Å². The van der Waals surface area contributed by atoms with Crippen LogP contribution >= 0.6 is 0 Å². The van der Waals surface area contributed by atoms with E-state index in [1.165, 1.54) is 45.1 Å². The molecule has 2 rings (SSSR count). The maximum absolute atomic E-state index is 6.02. The largest absolute Gasteiger partial charge is 0.381 e. The zero-order valence-electron chi connectivity index (χ0n) is 9.82. The second-order valence-corrected chi connectivity index (χ2v) is 5.06. The second-order valence-electron chi connectivity index (χ2n) is 5.06. The highest BCUT2D eigenvalue weighted by Gasteiger charge is 2.28. The van der Waals surface area contributed by atoms with Crippen molar-refractivity contribution in [2.75, 3.05) is 20.2 Å². The maximum Gasteiger partial charge on any atom is 0.0572 e. The summed E-state index contributed by atoms with van der Waals surface area (Å²) < 4.78 is 5.40. The molecular weight excluding hydrogens is 188 g/mol. The molecule has 3 heteroatoms. The van der Waals surface area contributed by atoms with E-state index in [0.29, 0.717) is 12.1 Å². The quantitative estimate of drug-likeness (QED) is 0.751. The SMILES string of the molecule is COC1CCC(N2CCCC(N)C2)CC1. The van der Waals surface area contributed by atoms with Gasteiger partial charge in [0.05, 0.1) is 6.10 Å². The summed E-state index contributed by atoms with van der Waals surface area (Å²) in [6, 6.07) is 1.20. The molecule has 1 aliphatic carbocycles. The Morgan fingerprint density at radius 3 is 2.47 bits per heavy atom. The van der Waals surface area contributed by atoms with Crippen LogP contribution in [0.2, 0.25) is 0 Å². The van der Waals surface area contributed by atoms with Crippen LogP contribution in [0.3, 0.4) is 0 Å². The van der Waals surface area contributed by atoms with Gasteiger partial charge in [-0.15, -0.1) is 0 Å². The van der Waals surface area contributed by atoms with Crippen molar-refractivity contribution in [2.45, 2.75) is 56.7 Å². The third-order valence-corrected chi connectivity index (χ3v) is 3.98. The van der Waals surface area contributed by atoms with Crippen molar-refractivity contribution in [3.63, 3.8) is 0 Å². The molecule has 0 aromatic heterocycles. The molecule has 1 aliphatic heterocycles. The Morgan fingerprint density at radius 2 is 1.87 bits per heavy atom. The topological polar surface area (TPSA) is 38.5 Å². The fourth-order valence-corrected chi connectivity index (χ4v) is 3.02. The molecule has 1 unspecified atom stereocenters. The van der Waals surface area contributed by atoms with Crippen molar-refractivity contribution in [2.24, 2.45) is 5.73 Å². The minimum atomic E-state index is 0.416. The predicted octanol–water partition coefficient (Wildman–Crippen LogP) is 1.37. The van der Waals surface area contributed by atoms with Crippen molar-refractivity contribution in [3.8, 4) is 0 Å². The van der Waals surface area contributed by atoms with Crippen LogP contribution in [0, 0.1) is 0 Å². The molecule has 1 saturated carbocycles. The van der Waals surface area contributed by atoms with E-state index in [2.05, 4.69) is 4.90 Å². The van der Waals surface area contributed by atoms with Crippen molar-refractivity contribution in [1.82, 2.24) is 4.90 Å². The van der Waals surface area contributed by atoms with Gasteiger partial charge in [-0.2, -0.15) is 0 Å². The molecule has 1 saturated heterocycles. The summed E-state index contributed by atoms with van der Waals surface area (Å²) in [4.78, 5) is 2.61.